The number of nitriles is 1. The fourth-order valence-corrected chi connectivity index (χ4v) is 3.34. The Hall–Kier alpha value is -4.79. The van der Waals surface area contributed by atoms with Gasteiger partial charge in [-0.05, 0) is 47.7 Å². The third kappa shape index (κ3) is 4.07. The van der Waals surface area contributed by atoms with E-state index in [0.29, 0.717) is 46.1 Å². The van der Waals surface area contributed by atoms with Crippen LogP contribution < -0.4 is 4.74 Å². The molecular weight excluding hydrogens is 427 g/mol. The molecule has 1 unspecified atom stereocenters. The van der Waals surface area contributed by atoms with E-state index in [9.17, 15) is 9.65 Å². The van der Waals surface area contributed by atoms with Crippen molar-refractivity contribution < 1.29 is 9.13 Å². The largest absolute Gasteiger partial charge is 0.472 e. The van der Waals surface area contributed by atoms with E-state index in [1.165, 1.54) is 30.9 Å². The predicted octanol–water partition coefficient (Wildman–Crippen LogP) is 2.34. The molecule has 12 heteroatoms. The number of aromatic nitrogens is 9. The van der Waals surface area contributed by atoms with E-state index in [-0.39, 0.29) is 6.10 Å². The average molecular weight is 442 g/mol. The van der Waals surface area contributed by atoms with Crippen LogP contribution in [-0.2, 0) is 6.54 Å². The molecule has 4 heterocycles. The number of ether oxygens (including phenoxy) is 1. The van der Waals surface area contributed by atoms with Crippen LogP contribution in [0.5, 0.6) is 5.88 Å². The highest BCUT2D eigenvalue weighted by atomic mass is 19.1. The van der Waals surface area contributed by atoms with E-state index in [1.807, 2.05) is 6.92 Å². The van der Waals surface area contributed by atoms with Crippen molar-refractivity contribution in [1.29, 1.82) is 5.26 Å². The maximum atomic E-state index is 13.9. The van der Waals surface area contributed by atoms with Gasteiger partial charge in [0.2, 0.25) is 5.88 Å². The minimum Gasteiger partial charge on any atom is -0.472 e. The van der Waals surface area contributed by atoms with E-state index < -0.39 is 5.82 Å². The lowest BCUT2D eigenvalue weighted by atomic mass is 10.2. The number of hydrogen-bond acceptors (Lipinski definition) is 9. The van der Waals surface area contributed by atoms with E-state index in [0.717, 1.165) is 0 Å². The zero-order chi connectivity index (χ0) is 22.8. The van der Waals surface area contributed by atoms with Crippen LogP contribution in [-0.4, -0.2) is 51.0 Å². The first-order valence-electron chi connectivity index (χ1n) is 9.85. The van der Waals surface area contributed by atoms with E-state index in [2.05, 4.69) is 41.8 Å². The summed E-state index contributed by atoms with van der Waals surface area (Å²) >= 11 is 0. The summed E-state index contributed by atoms with van der Waals surface area (Å²) in [5.74, 6) is -0.140. The molecule has 0 N–H and O–H groups in total. The highest BCUT2D eigenvalue weighted by Crippen LogP contribution is 2.25. The van der Waals surface area contributed by atoms with Crippen LogP contribution in [0.2, 0.25) is 0 Å². The molecule has 0 radical (unpaired) electrons. The molecule has 5 aromatic rings. The van der Waals surface area contributed by atoms with Gasteiger partial charge in [0.15, 0.2) is 5.65 Å². The van der Waals surface area contributed by atoms with Gasteiger partial charge < -0.3 is 4.74 Å². The minimum absolute atomic E-state index is 0.257. The first-order chi connectivity index (χ1) is 16.1. The second-order valence-electron chi connectivity index (χ2n) is 7.17. The standard InChI is InChI=1S/C21H15FN10O/c1-13(10-31-12-26-29-30-31)33-20-6-15(9-25-28-20)17-4-5-18-21(27-17)32(11-24-18)19-7-16(22)3-2-14(19)8-23/h2-7,9,11-13H,10H2,1H3. The van der Waals surface area contributed by atoms with Gasteiger partial charge in [-0.3, -0.25) is 4.57 Å². The molecule has 1 aromatic carbocycles. The molecule has 162 valence electrons. The van der Waals surface area contributed by atoms with Crippen molar-refractivity contribution in [2.24, 2.45) is 0 Å². The molecule has 0 saturated heterocycles. The van der Waals surface area contributed by atoms with Gasteiger partial charge in [0.05, 0.1) is 29.7 Å². The number of nitrogens with zero attached hydrogens (tertiary/aromatic N) is 10. The first kappa shape index (κ1) is 20.1. The van der Waals surface area contributed by atoms with E-state index in [4.69, 9.17) is 4.74 Å². The molecule has 0 spiro atoms. The lowest BCUT2D eigenvalue weighted by molar-refractivity contribution is 0.183. The van der Waals surface area contributed by atoms with Crippen molar-refractivity contribution in [3.8, 4) is 28.9 Å². The Morgan fingerprint density at radius 1 is 1.15 bits per heavy atom. The Kier molecular flexibility index (Phi) is 5.12. The third-order valence-electron chi connectivity index (χ3n) is 4.82. The van der Waals surface area contributed by atoms with Crippen LogP contribution in [0.1, 0.15) is 12.5 Å². The van der Waals surface area contributed by atoms with Crippen molar-refractivity contribution in [3.05, 3.63) is 66.6 Å². The Balaban J connectivity index is 1.48. The van der Waals surface area contributed by atoms with Gasteiger partial charge in [0.25, 0.3) is 0 Å². The zero-order valence-corrected chi connectivity index (χ0v) is 17.2. The summed E-state index contributed by atoms with van der Waals surface area (Å²) in [4.78, 5) is 9.01. The summed E-state index contributed by atoms with van der Waals surface area (Å²) in [6.07, 6.45) is 4.32. The number of rotatable bonds is 6. The zero-order valence-electron chi connectivity index (χ0n) is 17.2. The molecule has 0 aliphatic rings. The van der Waals surface area contributed by atoms with Gasteiger partial charge in [0.1, 0.15) is 36.2 Å². The van der Waals surface area contributed by atoms with Gasteiger partial charge >= 0.3 is 0 Å². The molecule has 0 fully saturated rings. The molecule has 1 atom stereocenters. The van der Waals surface area contributed by atoms with E-state index >= 15 is 0 Å². The van der Waals surface area contributed by atoms with Crippen LogP contribution in [0.25, 0.3) is 28.1 Å². The van der Waals surface area contributed by atoms with Crippen molar-refractivity contribution in [3.63, 3.8) is 0 Å². The Morgan fingerprint density at radius 3 is 2.88 bits per heavy atom. The predicted molar refractivity (Wildman–Crippen MR) is 112 cm³/mol. The quantitative estimate of drug-likeness (QED) is 0.388. The third-order valence-corrected chi connectivity index (χ3v) is 4.82. The number of benzene rings is 1. The fourth-order valence-electron chi connectivity index (χ4n) is 3.34. The maximum Gasteiger partial charge on any atom is 0.234 e. The van der Waals surface area contributed by atoms with Gasteiger partial charge in [0, 0.05) is 11.6 Å². The van der Waals surface area contributed by atoms with Gasteiger partial charge in [-0.25, -0.2) is 19.0 Å². The number of halogens is 1. The molecular formula is C21H15FN10O. The maximum absolute atomic E-state index is 13.9. The monoisotopic (exact) mass is 442 g/mol. The Morgan fingerprint density at radius 2 is 2.06 bits per heavy atom. The normalized spacial score (nSPS) is 11.9. The molecule has 0 amide bonds. The number of tetrazole rings is 1. The molecule has 4 aromatic heterocycles. The summed E-state index contributed by atoms with van der Waals surface area (Å²) in [7, 11) is 0. The van der Waals surface area contributed by atoms with Gasteiger partial charge in [-0.2, -0.15) is 10.4 Å². The minimum atomic E-state index is -0.460. The van der Waals surface area contributed by atoms with Crippen molar-refractivity contribution in [2.45, 2.75) is 19.6 Å². The lowest BCUT2D eigenvalue weighted by Crippen LogP contribution is -2.20. The number of hydrogen-bond donors (Lipinski definition) is 0. The lowest BCUT2D eigenvalue weighted by Gasteiger charge is -2.13. The van der Waals surface area contributed by atoms with Crippen LogP contribution in [0.3, 0.4) is 0 Å². The molecule has 0 aliphatic carbocycles. The number of pyridine rings is 1. The number of imidazole rings is 1. The number of fused-ring (bicyclic) bond motifs is 1. The van der Waals surface area contributed by atoms with Crippen molar-refractivity contribution >= 4 is 11.2 Å². The van der Waals surface area contributed by atoms with E-state index in [1.54, 1.807) is 33.6 Å². The van der Waals surface area contributed by atoms with Crippen molar-refractivity contribution in [2.75, 3.05) is 0 Å². The summed E-state index contributed by atoms with van der Waals surface area (Å²) in [6, 6.07) is 11.3. The molecule has 0 saturated carbocycles. The molecule has 33 heavy (non-hydrogen) atoms. The van der Waals surface area contributed by atoms with Crippen LogP contribution in [0.4, 0.5) is 4.39 Å². The van der Waals surface area contributed by atoms with Crippen LogP contribution >= 0.6 is 0 Å². The molecule has 0 aliphatic heterocycles. The smallest absolute Gasteiger partial charge is 0.234 e. The van der Waals surface area contributed by atoms with Crippen LogP contribution in [0, 0.1) is 17.1 Å². The average Bonchev–Trinajstić information content (AvgIpc) is 3.48. The summed E-state index contributed by atoms with van der Waals surface area (Å²) in [5, 5.41) is 28.5. The highest BCUT2D eigenvalue weighted by molar-refractivity contribution is 5.77. The van der Waals surface area contributed by atoms with Gasteiger partial charge in [-0.15, -0.1) is 10.2 Å². The SMILES string of the molecule is CC(Cn1cnnn1)Oc1cc(-c2ccc3ncn(-c4cc(F)ccc4C#N)c3n2)cnn1. The topological polar surface area (TPSA) is 133 Å². The Bertz CT molecular complexity index is 1470. The van der Waals surface area contributed by atoms with Gasteiger partial charge in [-0.1, -0.05) is 0 Å². The van der Waals surface area contributed by atoms with Crippen LogP contribution in [0.15, 0.2) is 55.2 Å². The summed E-state index contributed by atoms with van der Waals surface area (Å²) < 4.78 is 22.9. The highest BCUT2D eigenvalue weighted by Gasteiger charge is 2.14. The molecule has 0 bridgehead atoms. The summed E-state index contributed by atoms with van der Waals surface area (Å²) in [5.41, 5.74) is 3.00. The Labute approximate surface area is 186 Å². The second-order valence-corrected chi connectivity index (χ2v) is 7.17. The summed E-state index contributed by atoms with van der Waals surface area (Å²) in [6.45, 7) is 2.31. The van der Waals surface area contributed by atoms with Crippen molar-refractivity contribution in [1.82, 2.24) is 44.9 Å². The molecule has 5 rings (SSSR count). The molecule has 11 nitrogen and oxygen atoms in total. The first-order valence-corrected chi connectivity index (χ1v) is 9.85. The fraction of sp³-hybridized carbons (Fsp3) is 0.143. The second kappa shape index (κ2) is 8.39.